The number of aromatic nitrogens is 4. The van der Waals surface area contributed by atoms with E-state index in [4.69, 9.17) is 16.3 Å². The fraction of sp³-hybridized carbons (Fsp3) is 0.0870. The maximum absolute atomic E-state index is 13.7. The lowest BCUT2D eigenvalue weighted by atomic mass is 9.85. The minimum absolute atomic E-state index is 0.301. The molecule has 0 bridgehead atoms. The Morgan fingerprint density at radius 1 is 1.06 bits per heavy atom. The van der Waals surface area contributed by atoms with Crippen LogP contribution in [0.25, 0.3) is 5.70 Å². The van der Waals surface area contributed by atoms with Gasteiger partial charge in [-0.3, -0.25) is 4.98 Å². The van der Waals surface area contributed by atoms with E-state index in [1.807, 2.05) is 28.9 Å². The first-order valence-electron chi connectivity index (χ1n) is 9.71. The van der Waals surface area contributed by atoms with Crippen molar-refractivity contribution in [2.75, 3.05) is 5.32 Å². The second-order valence-electron chi connectivity index (χ2n) is 7.36. The van der Waals surface area contributed by atoms with Gasteiger partial charge in [0.15, 0.2) is 0 Å². The topological polar surface area (TPSA) is 64.9 Å². The highest BCUT2D eigenvalue weighted by molar-refractivity contribution is 6.30. The Bertz CT molecular complexity index is 1320. The molecule has 152 valence electrons. The minimum atomic E-state index is -0.473. The van der Waals surface area contributed by atoms with E-state index in [-0.39, 0.29) is 11.9 Å². The Morgan fingerprint density at radius 3 is 2.74 bits per heavy atom. The van der Waals surface area contributed by atoms with Crippen LogP contribution in [0.3, 0.4) is 0 Å². The first kappa shape index (κ1) is 18.1. The summed E-state index contributed by atoms with van der Waals surface area (Å²) in [6, 6.07) is 15.4. The third-order valence-electron chi connectivity index (χ3n) is 5.55. The van der Waals surface area contributed by atoms with E-state index in [1.165, 1.54) is 18.5 Å². The monoisotopic (exact) mass is 431 g/mol. The van der Waals surface area contributed by atoms with Crippen molar-refractivity contribution in [2.45, 2.75) is 12.1 Å². The van der Waals surface area contributed by atoms with E-state index in [0.29, 0.717) is 16.7 Å². The van der Waals surface area contributed by atoms with E-state index < -0.39 is 6.10 Å². The lowest BCUT2D eigenvalue weighted by Gasteiger charge is -2.38. The van der Waals surface area contributed by atoms with E-state index in [1.54, 1.807) is 30.6 Å². The zero-order chi connectivity index (χ0) is 20.9. The molecule has 2 atom stereocenters. The molecule has 6 nitrogen and oxygen atoms in total. The van der Waals surface area contributed by atoms with Crippen LogP contribution < -0.4 is 10.1 Å². The number of halogens is 2. The molecule has 0 amide bonds. The van der Waals surface area contributed by atoms with Gasteiger partial charge in [0.05, 0.1) is 5.70 Å². The molecule has 0 unspecified atom stereocenters. The van der Waals surface area contributed by atoms with Gasteiger partial charge in [0.25, 0.3) is 0 Å². The standard InChI is InChI=1S/C23H15ClFN5O/c24-15-5-8-18-17(10-15)20-19(22(31-18)13-3-6-16(25)7-4-13)21(14-2-1-9-26-11-14)30-23(29-20)27-12-28-30/h1-12,21-22H,(H,27,28,29)/t21-,22-/m0/s1. The molecule has 31 heavy (non-hydrogen) atoms. The highest BCUT2D eigenvalue weighted by Crippen LogP contribution is 2.50. The summed E-state index contributed by atoms with van der Waals surface area (Å²) in [5.74, 6) is 0.992. The zero-order valence-electron chi connectivity index (χ0n) is 16.0. The molecule has 6 rings (SSSR count). The van der Waals surface area contributed by atoms with Gasteiger partial charge >= 0.3 is 0 Å². The third-order valence-corrected chi connectivity index (χ3v) is 5.78. The van der Waals surface area contributed by atoms with Crippen LogP contribution >= 0.6 is 11.6 Å². The van der Waals surface area contributed by atoms with Crippen LogP contribution in [0.2, 0.25) is 5.02 Å². The molecule has 0 fully saturated rings. The molecule has 0 radical (unpaired) electrons. The van der Waals surface area contributed by atoms with Crippen LogP contribution in [0.15, 0.2) is 78.9 Å². The van der Waals surface area contributed by atoms with Crippen molar-refractivity contribution in [1.29, 1.82) is 0 Å². The molecular weight excluding hydrogens is 417 g/mol. The first-order valence-corrected chi connectivity index (χ1v) is 10.1. The molecule has 0 spiro atoms. The van der Waals surface area contributed by atoms with Crippen LogP contribution in [-0.4, -0.2) is 19.7 Å². The van der Waals surface area contributed by atoms with Crippen LogP contribution in [0.1, 0.15) is 28.8 Å². The van der Waals surface area contributed by atoms with E-state index >= 15 is 0 Å². The van der Waals surface area contributed by atoms with Crippen molar-refractivity contribution in [3.8, 4) is 5.75 Å². The Balaban J connectivity index is 1.64. The quantitative estimate of drug-likeness (QED) is 0.482. The lowest BCUT2D eigenvalue weighted by Crippen LogP contribution is -2.32. The number of nitrogens with zero attached hydrogens (tertiary/aromatic N) is 4. The van der Waals surface area contributed by atoms with E-state index in [2.05, 4.69) is 20.4 Å². The highest BCUT2D eigenvalue weighted by atomic mass is 35.5. The molecule has 2 aromatic carbocycles. The van der Waals surface area contributed by atoms with Crippen molar-refractivity contribution < 1.29 is 9.13 Å². The van der Waals surface area contributed by atoms with E-state index in [0.717, 1.165) is 28.0 Å². The maximum Gasteiger partial charge on any atom is 0.226 e. The van der Waals surface area contributed by atoms with Crippen molar-refractivity contribution in [1.82, 2.24) is 19.7 Å². The Morgan fingerprint density at radius 2 is 1.94 bits per heavy atom. The summed E-state index contributed by atoms with van der Waals surface area (Å²) in [6.07, 6.45) is 4.57. The van der Waals surface area contributed by atoms with Crippen molar-refractivity contribution in [3.63, 3.8) is 0 Å². The molecule has 0 saturated carbocycles. The Kier molecular flexibility index (Phi) is 4.04. The van der Waals surface area contributed by atoms with Gasteiger partial charge in [-0.2, -0.15) is 10.1 Å². The number of rotatable bonds is 2. The van der Waals surface area contributed by atoms with E-state index in [9.17, 15) is 4.39 Å². The van der Waals surface area contributed by atoms with Gasteiger partial charge in [0, 0.05) is 28.6 Å². The Hall–Kier alpha value is -3.71. The summed E-state index contributed by atoms with van der Waals surface area (Å²) in [6.45, 7) is 0. The summed E-state index contributed by atoms with van der Waals surface area (Å²) in [7, 11) is 0. The van der Waals surface area contributed by atoms with Gasteiger partial charge in [0.2, 0.25) is 5.95 Å². The van der Waals surface area contributed by atoms with Gasteiger partial charge in [0.1, 0.15) is 30.0 Å². The lowest BCUT2D eigenvalue weighted by molar-refractivity contribution is 0.223. The first-order chi connectivity index (χ1) is 15.2. The molecule has 0 aliphatic carbocycles. The van der Waals surface area contributed by atoms with Crippen LogP contribution in [0.5, 0.6) is 5.75 Å². The molecule has 4 heterocycles. The summed E-state index contributed by atoms with van der Waals surface area (Å²) < 4.78 is 21.9. The molecule has 0 saturated heterocycles. The summed E-state index contributed by atoms with van der Waals surface area (Å²) in [5.41, 5.74) is 4.38. The average Bonchev–Trinajstić information content (AvgIpc) is 3.27. The van der Waals surface area contributed by atoms with Gasteiger partial charge in [-0.25, -0.2) is 9.07 Å². The molecule has 2 aliphatic rings. The highest BCUT2D eigenvalue weighted by Gasteiger charge is 2.41. The van der Waals surface area contributed by atoms with Crippen molar-refractivity contribution in [2.24, 2.45) is 0 Å². The zero-order valence-corrected chi connectivity index (χ0v) is 16.8. The van der Waals surface area contributed by atoms with Crippen LogP contribution in [0, 0.1) is 5.82 Å². The predicted octanol–water partition coefficient (Wildman–Crippen LogP) is 5.03. The Labute approximate surface area is 182 Å². The number of anilines is 1. The largest absolute Gasteiger partial charge is 0.480 e. The van der Waals surface area contributed by atoms with Crippen LogP contribution in [0.4, 0.5) is 10.3 Å². The number of pyridine rings is 1. The van der Waals surface area contributed by atoms with Crippen LogP contribution in [-0.2, 0) is 0 Å². The molecule has 2 aliphatic heterocycles. The second kappa shape index (κ2) is 6.92. The third kappa shape index (κ3) is 2.89. The summed E-state index contributed by atoms with van der Waals surface area (Å²) >= 11 is 6.32. The number of nitrogens with one attached hydrogen (secondary N) is 1. The maximum atomic E-state index is 13.7. The fourth-order valence-corrected chi connectivity index (χ4v) is 4.38. The molecule has 4 aromatic rings. The number of ether oxygens (including phenoxy) is 1. The number of hydrogen-bond donors (Lipinski definition) is 1. The van der Waals surface area contributed by atoms with Gasteiger partial charge in [-0.1, -0.05) is 29.8 Å². The van der Waals surface area contributed by atoms with Gasteiger partial charge in [-0.15, -0.1) is 0 Å². The SMILES string of the molecule is Fc1ccc([C@@H]2Oc3ccc(Cl)cc3C3=C2[C@H](c2cccnc2)n2ncnc2N3)cc1. The molecule has 8 heteroatoms. The summed E-state index contributed by atoms with van der Waals surface area (Å²) in [4.78, 5) is 8.70. The minimum Gasteiger partial charge on any atom is -0.480 e. The van der Waals surface area contributed by atoms with Gasteiger partial charge < -0.3 is 10.1 Å². The second-order valence-corrected chi connectivity index (χ2v) is 7.80. The smallest absolute Gasteiger partial charge is 0.226 e. The van der Waals surface area contributed by atoms with Crippen molar-refractivity contribution >= 4 is 23.2 Å². The average molecular weight is 432 g/mol. The molecule has 2 aromatic heterocycles. The number of fused-ring (bicyclic) bond motifs is 3. The molecule has 1 N–H and O–H groups in total. The van der Waals surface area contributed by atoms with Crippen molar-refractivity contribution in [3.05, 3.63) is 106 Å². The number of benzene rings is 2. The predicted molar refractivity (Wildman–Crippen MR) is 114 cm³/mol. The normalized spacial score (nSPS) is 19.0. The number of hydrogen-bond acceptors (Lipinski definition) is 5. The summed E-state index contributed by atoms with van der Waals surface area (Å²) in [5, 5.41) is 8.47. The fourth-order valence-electron chi connectivity index (χ4n) is 4.21. The van der Waals surface area contributed by atoms with Gasteiger partial charge in [-0.05, 0) is 47.5 Å². The molecular formula is C23H15ClFN5O.